The number of carbonyl (C=O) groups excluding carboxylic acids is 1. The highest BCUT2D eigenvalue weighted by molar-refractivity contribution is 9.11. The molecule has 0 aliphatic carbocycles. The molecule has 0 bridgehead atoms. The molecule has 6 nitrogen and oxygen atoms in total. The summed E-state index contributed by atoms with van der Waals surface area (Å²) in [6.07, 6.45) is -3.49. The molecule has 0 saturated carbocycles. The first-order valence-corrected chi connectivity index (χ1v) is 13.3. The van der Waals surface area contributed by atoms with Gasteiger partial charge in [-0.1, -0.05) is 51.0 Å². The van der Waals surface area contributed by atoms with Gasteiger partial charge in [0, 0.05) is 15.1 Å². The summed E-state index contributed by atoms with van der Waals surface area (Å²) in [5.41, 5.74) is -2.10. The minimum Gasteiger partial charge on any atom is -0.495 e. The van der Waals surface area contributed by atoms with Crippen molar-refractivity contribution in [1.82, 2.24) is 4.57 Å². The Kier molecular flexibility index (Phi) is 8.03. The van der Waals surface area contributed by atoms with E-state index < -0.39 is 35.0 Å². The number of ether oxygens (including phenoxy) is 2. The third-order valence-corrected chi connectivity index (χ3v) is 7.59. The van der Waals surface area contributed by atoms with Crippen LogP contribution in [-0.2, 0) is 9.53 Å². The molecule has 1 aliphatic heterocycles. The molecule has 1 aliphatic rings. The van der Waals surface area contributed by atoms with Crippen molar-refractivity contribution in [3.8, 4) is 5.75 Å². The van der Waals surface area contributed by atoms with Gasteiger partial charge in [0.05, 0.1) is 34.3 Å². The molecule has 1 aromatic heterocycles. The van der Waals surface area contributed by atoms with E-state index in [2.05, 4.69) is 36.9 Å². The number of carbonyl (C=O) groups is 1. The van der Waals surface area contributed by atoms with Crippen LogP contribution >= 0.6 is 54.8 Å². The van der Waals surface area contributed by atoms with E-state index in [0.29, 0.717) is 25.3 Å². The molecule has 3 aromatic rings. The van der Waals surface area contributed by atoms with Gasteiger partial charge in [-0.3, -0.25) is 9.36 Å². The Morgan fingerprint density at radius 1 is 1.24 bits per heavy atom. The summed E-state index contributed by atoms with van der Waals surface area (Å²) in [6, 6.07) is 7.85. The predicted molar refractivity (Wildman–Crippen MR) is 141 cm³/mol. The molecule has 0 fully saturated rings. The summed E-state index contributed by atoms with van der Waals surface area (Å²) < 4.78 is 55.4. The third kappa shape index (κ3) is 5.43. The molecule has 194 valence electrons. The van der Waals surface area contributed by atoms with Crippen LogP contribution in [0.1, 0.15) is 24.1 Å². The average molecular weight is 681 g/mol. The second kappa shape index (κ2) is 10.8. The largest absolute Gasteiger partial charge is 0.495 e. The number of thiazole rings is 1. The number of esters is 1. The van der Waals surface area contributed by atoms with E-state index in [1.165, 1.54) is 44.4 Å². The Hall–Kier alpha value is -2.41. The van der Waals surface area contributed by atoms with Crippen LogP contribution in [0.2, 0.25) is 5.02 Å². The number of aromatic nitrogens is 1. The Morgan fingerprint density at radius 3 is 2.51 bits per heavy atom. The minimum atomic E-state index is -4.99. The van der Waals surface area contributed by atoms with Crippen LogP contribution in [0, 0.1) is 0 Å². The molecule has 4 rings (SSSR count). The lowest BCUT2D eigenvalue weighted by Gasteiger charge is -2.26. The zero-order valence-electron chi connectivity index (χ0n) is 19.0. The molecular weight excluding hydrogens is 665 g/mol. The number of halogens is 6. The molecule has 2 aromatic carbocycles. The fraction of sp³-hybridized carbons (Fsp3) is 0.208. The van der Waals surface area contributed by atoms with Crippen molar-refractivity contribution in [2.75, 3.05) is 13.7 Å². The summed E-state index contributed by atoms with van der Waals surface area (Å²) in [5, 5.41) is 0.334. The topological polar surface area (TPSA) is 69.9 Å². The van der Waals surface area contributed by atoms with E-state index in [-0.39, 0.29) is 21.5 Å². The normalized spacial score (nSPS) is 15.9. The molecule has 0 saturated heterocycles. The Balaban J connectivity index is 2.07. The summed E-state index contributed by atoms with van der Waals surface area (Å²) in [7, 11) is 1.45. The molecule has 0 N–H and O–H groups in total. The van der Waals surface area contributed by atoms with Crippen LogP contribution in [0.25, 0.3) is 6.08 Å². The molecule has 0 radical (unpaired) electrons. The highest BCUT2D eigenvalue weighted by atomic mass is 79.9. The monoisotopic (exact) mass is 678 g/mol. The maximum atomic E-state index is 14.2. The summed E-state index contributed by atoms with van der Waals surface area (Å²) in [6.45, 7) is 1.31. The first-order valence-electron chi connectivity index (χ1n) is 10.5. The minimum absolute atomic E-state index is 0.0904. The molecule has 2 heterocycles. The predicted octanol–water partition coefficient (Wildman–Crippen LogP) is 5.53. The van der Waals surface area contributed by atoms with Gasteiger partial charge in [0.15, 0.2) is 10.5 Å². The summed E-state index contributed by atoms with van der Waals surface area (Å²) >= 11 is 13.5. The SMILES string of the molecule is CCOC(=O)C1=C(C(F)(F)F)N=c2s/c(=C\c3cc(Br)cc(Br)c3OC)c(=O)n2[C@H]1c1ccc(Cl)cc1. The lowest BCUT2D eigenvalue weighted by molar-refractivity contribution is -0.140. The van der Waals surface area contributed by atoms with Crippen LogP contribution in [-0.4, -0.2) is 30.4 Å². The van der Waals surface area contributed by atoms with E-state index in [1.54, 1.807) is 12.1 Å². The van der Waals surface area contributed by atoms with Gasteiger partial charge in [-0.05, 0) is 58.8 Å². The number of nitrogens with zero attached hydrogens (tertiary/aromatic N) is 2. The quantitative estimate of drug-likeness (QED) is 0.333. The van der Waals surface area contributed by atoms with Crippen molar-refractivity contribution >= 4 is 66.8 Å². The first kappa shape index (κ1) is 27.6. The van der Waals surface area contributed by atoms with Gasteiger partial charge in [-0.15, -0.1) is 0 Å². The van der Waals surface area contributed by atoms with Crippen LogP contribution in [0.3, 0.4) is 0 Å². The fourth-order valence-electron chi connectivity index (χ4n) is 3.84. The van der Waals surface area contributed by atoms with Gasteiger partial charge in [-0.2, -0.15) is 13.2 Å². The first-order chi connectivity index (χ1) is 17.5. The van der Waals surface area contributed by atoms with Gasteiger partial charge >= 0.3 is 12.1 Å². The summed E-state index contributed by atoms with van der Waals surface area (Å²) in [5.74, 6) is -0.795. The third-order valence-electron chi connectivity index (χ3n) is 5.31. The van der Waals surface area contributed by atoms with E-state index in [1.807, 2.05) is 0 Å². The number of alkyl halides is 3. The zero-order chi connectivity index (χ0) is 27.1. The van der Waals surface area contributed by atoms with Crippen molar-refractivity contribution in [3.05, 3.63) is 92.5 Å². The van der Waals surface area contributed by atoms with E-state index in [0.717, 1.165) is 15.9 Å². The maximum absolute atomic E-state index is 14.2. The van der Waals surface area contributed by atoms with Crippen LogP contribution < -0.4 is 19.6 Å². The zero-order valence-corrected chi connectivity index (χ0v) is 23.8. The Morgan fingerprint density at radius 2 is 1.92 bits per heavy atom. The van der Waals surface area contributed by atoms with Crippen molar-refractivity contribution in [2.45, 2.75) is 19.1 Å². The van der Waals surface area contributed by atoms with E-state index in [9.17, 15) is 22.8 Å². The highest BCUT2D eigenvalue weighted by Gasteiger charge is 2.45. The molecule has 0 amide bonds. The second-order valence-electron chi connectivity index (χ2n) is 7.62. The smallest absolute Gasteiger partial charge is 0.434 e. The molecule has 0 unspecified atom stereocenters. The van der Waals surface area contributed by atoms with Gasteiger partial charge in [0.25, 0.3) is 5.56 Å². The standard InChI is InChI=1S/C24H16Br2ClF3N2O4S/c1-3-36-22(34)17-18(11-4-6-14(27)7-5-11)32-21(33)16(37-23(32)31-20(17)24(28,29)30)9-12-8-13(25)10-15(26)19(12)35-2/h4-10,18H,3H2,1-2H3/b16-9-/t18-/m0/s1. The number of benzene rings is 2. The molecular formula is C24H16Br2ClF3N2O4S. The van der Waals surface area contributed by atoms with Gasteiger partial charge in [0.2, 0.25) is 0 Å². The number of allylic oxidation sites excluding steroid dienone is 1. The van der Waals surface area contributed by atoms with E-state index >= 15 is 0 Å². The van der Waals surface area contributed by atoms with Crippen molar-refractivity contribution < 1.29 is 27.4 Å². The number of hydrogen-bond acceptors (Lipinski definition) is 6. The number of fused-ring (bicyclic) bond motifs is 1. The number of methoxy groups -OCH3 is 1. The summed E-state index contributed by atoms with van der Waals surface area (Å²) in [4.78, 5) is 30.0. The van der Waals surface area contributed by atoms with Gasteiger partial charge < -0.3 is 9.47 Å². The Bertz CT molecular complexity index is 1600. The second-order valence-corrected chi connectivity index (χ2v) is 10.8. The van der Waals surface area contributed by atoms with Crippen LogP contribution in [0.15, 0.2) is 66.4 Å². The molecule has 0 spiro atoms. The van der Waals surface area contributed by atoms with E-state index in [4.69, 9.17) is 21.1 Å². The number of hydrogen-bond donors (Lipinski definition) is 0. The van der Waals surface area contributed by atoms with Gasteiger partial charge in [0.1, 0.15) is 5.75 Å². The fourth-order valence-corrected chi connectivity index (χ4v) is 6.38. The Labute approximate surface area is 233 Å². The maximum Gasteiger partial charge on any atom is 0.434 e. The van der Waals surface area contributed by atoms with Crippen molar-refractivity contribution in [1.29, 1.82) is 0 Å². The highest BCUT2D eigenvalue weighted by Crippen LogP contribution is 2.38. The average Bonchev–Trinajstić information content (AvgIpc) is 3.13. The van der Waals surface area contributed by atoms with Crippen molar-refractivity contribution in [2.24, 2.45) is 4.99 Å². The molecule has 13 heteroatoms. The lowest BCUT2D eigenvalue weighted by Crippen LogP contribution is -2.41. The van der Waals surface area contributed by atoms with Gasteiger partial charge in [-0.25, -0.2) is 9.79 Å². The van der Waals surface area contributed by atoms with Crippen LogP contribution in [0.5, 0.6) is 5.75 Å². The molecule has 1 atom stereocenters. The molecule has 37 heavy (non-hydrogen) atoms. The number of rotatable bonds is 5. The van der Waals surface area contributed by atoms with Crippen molar-refractivity contribution in [3.63, 3.8) is 0 Å². The van der Waals surface area contributed by atoms with Crippen LogP contribution in [0.4, 0.5) is 13.2 Å². The lowest BCUT2D eigenvalue weighted by atomic mass is 9.95.